The fraction of sp³-hybridized carbons (Fsp3) is 0.486. The van der Waals surface area contributed by atoms with E-state index < -0.39 is 0 Å². The van der Waals surface area contributed by atoms with Crippen LogP contribution >= 0.6 is 12.4 Å². The third-order valence-corrected chi connectivity index (χ3v) is 9.55. The molecule has 224 valence electrons. The average molecular weight is 588 g/mol. The highest BCUT2D eigenvalue weighted by atomic mass is 35.5. The number of amides is 1. The first-order chi connectivity index (χ1) is 19.9. The monoisotopic (exact) mass is 587 g/mol. The van der Waals surface area contributed by atoms with Crippen LogP contribution in [0.4, 0.5) is 0 Å². The van der Waals surface area contributed by atoms with Gasteiger partial charge in [0, 0.05) is 66.9 Å². The molecule has 1 amide bonds. The molecule has 2 fully saturated rings. The van der Waals surface area contributed by atoms with Crippen LogP contribution in [0.5, 0.6) is 0 Å². The van der Waals surface area contributed by atoms with Gasteiger partial charge in [-0.2, -0.15) is 5.10 Å². The Morgan fingerprint density at radius 1 is 1.02 bits per heavy atom. The van der Waals surface area contributed by atoms with Crippen molar-refractivity contribution in [3.63, 3.8) is 0 Å². The van der Waals surface area contributed by atoms with Crippen LogP contribution in [0.2, 0.25) is 0 Å². The molecule has 2 heterocycles. The Balaban J connectivity index is 0.00000353. The van der Waals surface area contributed by atoms with Gasteiger partial charge in [-0.25, -0.2) is 0 Å². The first-order valence-electron chi connectivity index (χ1n) is 15.7. The van der Waals surface area contributed by atoms with E-state index in [1.807, 2.05) is 17.9 Å². The SMILES string of the molecule is Cc1cccc(C(CC(=O)NC2CCC(N)CC2)c2cn(CC3CCCCC3)c3ccc(-c4ccnn4C)cc23)c1.Cl. The molecule has 0 aliphatic heterocycles. The van der Waals surface area contributed by atoms with Crippen molar-refractivity contribution in [2.45, 2.75) is 95.7 Å². The number of aromatic nitrogens is 3. The third kappa shape index (κ3) is 6.76. The van der Waals surface area contributed by atoms with Gasteiger partial charge < -0.3 is 15.6 Å². The minimum atomic E-state index is -0.0300. The number of benzene rings is 2. The number of hydrogen-bond donors (Lipinski definition) is 2. The zero-order valence-electron chi connectivity index (χ0n) is 25.1. The largest absolute Gasteiger partial charge is 0.353 e. The van der Waals surface area contributed by atoms with Crippen LogP contribution in [-0.4, -0.2) is 32.3 Å². The van der Waals surface area contributed by atoms with Crippen LogP contribution in [0.25, 0.3) is 22.2 Å². The van der Waals surface area contributed by atoms with E-state index in [4.69, 9.17) is 5.73 Å². The van der Waals surface area contributed by atoms with Gasteiger partial charge in [0.05, 0.1) is 5.69 Å². The molecule has 2 aromatic carbocycles. The van der Waals surface area contributed by atoms with Crippen LogP contribution in [0, 0.1) is 12.8 Å². The van der Waals surface area contributed by atoms with Gasteiger partial charge >= 0.3 is 0 Å². The Labute approximate surface area is 256 Å². The van der Waals surface area contributed by atoms with Crippen molar-refractivity contribution in [1.29, 1.82) is 0 Å². The summed E-state index contributed by atoms with van der Waals surface area (Å²) in [5.74, 6) is 0.813. The first-order valence-corrected chi connectivity index (χ1v) is 15.7. The van der Waals surface area contributed by atoms with Gasteiger partial charge in [0.2, 0.25) is 5.91 Å². The van der Waals surface area contributed by atoms with E-state index in [9.17, 15) is 4.79 Å². The number of nitrogens with two attached hydrogens (primary N) is 1. The summed E-state index contributed by atoms with van der Waals surface area (Å²) in [5, 5.41) is 9.03. The molecule has 0 saturated heterocycles. The zero-order chi connectivity index (χ0) is 28.3. The van der Waals surface area contributed by atoms with Gasteiger partial charge in [0.25, 0.3) is 0 Å². The van der Waals surface area contributed by atoms with Crippen LogP contribution in [0.3, 0.4) is 0 Å². The number of fused-ring (bicyclic) bond motifs is 1. The highest BCUT2D eigenvalue weighted by Crippen LogP contribution is 2.38. The standard InChI is InChI=1S/C35H45N5O.ClH/c1-24-7-6-10-26(19-24)30(21-35(41)38-29-14-12-28(36)13-15-29)32-23-40(22-25-8-4-3-5-9-25)34-16-11-27(20-31(32)34)33-17-18-37-39(33)2;/h6-7,10-11,16-20,23,25,28-30H,3-5,8-9,12-15,21-22,36H2,1-2H3,(H,38,41);1H. The van der Waals surface area contributed by atoms with E-state index in [1.165, 1.54) is 59.7 Å². The molecule has 1 atom stereocenters. The quantitative estimate of drug-likeness (QED) is 0.228. The molecule has 2 aromatic heterocycles. The molecule has 42 heavy (non-hydrogen) atoms. The van der Waals surface area contributed by atoms with Gasteiger partial charge in [0.15, 0.2) is 0 Å². The molecule has 0 spiro atoms. The van der Waals surface area contributed by atoms with E-state index in [1.54, 1.807) is 0 Å². The van der Waals surface area contributed by atoms with Crippen molar-refractivity contribution in [1.82, 2.24) is 19.7 Å². The number of carbonyl (C=O) groups excluding carboxylic acids is 1. The molecule has 0 radical (unpaired) electrons. The summed E-state index contributed by atoms with van der Waals surface area (Å²) >= 11 is 0. The van der Waals surface area contributed by atoms with Crippen LogP contribution in [-0.2, 0) is 18.4 Å². The molecule has 3 N–H and O–H groups in total. The van der Waals surface area contributed by atoms with Crippen molar-refractivity contribution >= 4 is 29.2 Å². The van der Waals surface area contributed by atoms with Crippen LogP contribution < -0.4 is 11.1 Å². The highest BCUT2D eigenvalue weighted by Gasteiger charge is 2.27. The first kappa shape index (κ1) is 30.4. The van der Waals surface area contributed by atoms with E-state index in [0.717, 1.165) is 43.5 Å². The second-order valence-corrected chi connectivity index (χ2v) is 12.7. The number of nitrogens with zero attached hydrogens (tertiary/aromatic N) is 3. The molecule has 1 unspecified atom stereocenters. The molecular weight excluding hydrogens is 542 g/mol. The lowest BCUT2D eigenvalue weighted by atomic mass is 9.86. The fourth-order valence-electron chi connectivity index (χ4n) is 7.25. The Morgan fingerprint density at radius 2 is 1.81 bits per heavy atom. The normalized spacial score (nSPS) is 20.3. The maximum Gasteiger partial charge on any atom is 0.221 e. The summed E-state index contributed by atoms with van der Waals surface area (Å²) < 4.78 is 4.41. The van der Waals surface area contributed by atoms with E-state index in [0.29, 0.717) is 12.3 Å². The topological polar surface area (TPSA) is 77.9 Å². The maximum absolute atomic E-state index is 13.6. The minimum Gasteiger partial charge on any atom is -0.353 e. The maximum atomic E-state index is 13.6. The van der Waals surface area contributed by atoms with Crippen LogP contribution in [0.1, 0.15) is 86.8 Å². The molecule has 0 bridgehead atoms. The number of rotatable bonds is 8. The molecule has 2 saturated carbocycles. The summed E-state index contributed by atoms with van der Waals surface area (Å²) in [4.78, 5) is 13.6. The molecule has 7 heteroatoms. The van der Waals surface area contributed by atoms with E-state index in [-0.39, 0.29) is 36.3 Å². The number of hydrogen-bond acceptors (Lipinski definition) is 3. The summed E-state index contributed by atoms with van der Waals surface area (Å²) in [6.07, 6.45) is 15.2. The molecule has 2 aliphatic rings. The Kier molecular flexibility index (Phi) is 9.74. The smallest absolute Gasteiger partial charge is 0.221 e. The predicted octanol–water partition coefficient (Wildman–Crippen LogP) is 7.26. The van der Waals surface area contributed by atoms with Crippen molar-refractivity contribution in [2.24, 2.45) is 18.7 Å². The molecule has 6 rings (SSSR count). The lowest BCUT2D eigenvalue weighted by Crippen LogP contribution is -2.40. The van der Waals surface area contributed by atoms with Crippen molar-refractivity contribution in [3.8, 4) is 11.3 Å². The van der Waals surface area contributed by atoms with Gasteiger partial charge in [-0.3, -0.25) is 9.48 Å². The molecular formula is C35H46ClN5O. The molecule has 6 nitrogen and oxygen atoms in total. The van der Waals surface area contributed by atoms with Gasteiger partial charge in [0.1, 0.15) is 0 Å². The van der Waals surface area contributed by atoms with Crippen LogP contribution in [0.15, 0.2) is 60.9 Å². The second kappa shape index (κ2) is 13.5. The Morgan fingerprint density at radius 3 is 2.52 bits per heavy atom. The number of nitrogens with one attached hydrogen (secondary N) is 1. The highest BCUT2D eigenvalue weighted by molar-refractivity contribution is 5.90. The summed E-state index contributed by atoms with van der Waals surface area (Å²) in [6.45, 7) is 3.18. The fourth-order valence-corrected chi connectivity index (χ4v) is 7.25. The third-order valence-electron chi connectivity index (χ3n) is 9.55. The summed E-state index contributed by atoms with van der Waals surface area (Å²) in [5.41, 5.74) is 13.3. The molecule has 2 aliphatic carbocycles. The predicted molar refractivity (Wildman–Crippen MR) is 174 cm³/mol. The Hall–Kier alpha value is -3.09. The zero-order valence-corrected chi connectivity index (χ0v) is 25.9. The van der Waals surface area contributed by atoms with Gasteiger partial charge in [-0.05, 0) is 80.7 Å². The minimum absolute atomic E-state index is 0. The lowest BCUT2D eigenvalue weighted by molar-refractivity contribution is -0.122. The van der Waals surface area contributed by atoms with Gasteiger partial charge in [-0.15, -0.1) is 12.4 Å². The Bertz CT molecular complexity index is 1490. The number of aryl methyl sites for hydroxylation is 2. The van der Waals surface area contributed by atoms with Crippen molar-refractivity contribution in [3.05, 3.63) is 77.6 Å². The second-order valence-electron chi connectivity index (χ2n) is 12.7. The lowest BCUT2D eigenvalue weighted by Gasteiger charge is -2.27. The van der Waals surface area contributed by atoms with E-state index in [2.05, 4.69) is 76.6 Å². The van der Waals surface area contributed by atoms with Crippen molar-refractivity contribution in [2.75, 3.05) is 0 Å². The molecule has 4 aromatic rings. The van der Waals surface area contributed by atoms with Crippen molar-refractivity contribution < 1.29 is 4.79 Å². The summed E-state index contributed by atoms with van der Waals surface area (Å²) in [7, 11) is 1.99. The average Bonchev–Trinajstić information content (AvgIpc) is 3.56. The number of halogens is 1. The number of carbonyl (C=O) groups is 1. The van der Waals surface area contributed by atoms with Gasteiger partial charge in [-0.1, -0.05) is 55.2 Å². The summed E-state index contributed by atoms with van der Waals surface area (Å²) in [6, 6.07) is 18.1. The van der Waals surface area contributed by atoms with E-state index >= 15 is 0 Å².